The second-order valence-electron chi connectivity index (χ2n) is 4.92. The molecule has 0 fully saturated rings. The van der Waals surface area contributed by atoms with Crippen LogP contribution in [0.15, 0.2) is 23.1 Å². The predicted molar refractivity (Wildman–Crippen MR) is 82.7 cm³/mol. The molecule has 1 atom stereocenters. The fraction of sp³-hybridized carbons (Fsp3) is 0.533. The van der Waals surface area contributed by atoms with Gasteiger partial charge in [-0.25, -0.2) is 0 Å². The lowest BCUT2D eigenvalue weighted by atomic mass is 10.2. The van der Waals surface area contributed by atoms with E-state index in [2.05, 4.69) is 19.2 Å². The molecule has 0 radical (unpaired) electrons. The van der Waals surface area contributed by atoms with E-state index in [1.165, 1.54) is 11.8 Å². The molecule has 0 aliphatic rings. The Morgan fingerprint density at radius 3 is 2.40 bits per heavy atom. The van der Waals surface area contributed by atoms with Gasteiger partial charge in [-0.15, -0.1) is 11.8 Å². The van der Waals surface area contributed by atoms with Crippen molar-refractivity contribution in [2.45, 2.75) is 30.9 Å². The third-order valence-corrected chi connectivity index (χ3v) is 3.82. The van der Waals surface area contributed by atoms with E-state index in [0.29, 0.717) is 24.0 Å². The molecule has 1 N–H and O–H groups in total. The second kappa shape index (κ2) is 8.04. The zero-order chi connectivity index (χ0) is 15.1. The maximum Gasteiger partial charge on any atom is 0.233 e. The standard InChI is InChI=1S/C15H23NO3S/c1-10(2)9-16-15(17)11(3)20-12-6-7-13(18-4)14(8-12)19-5/h6-8,10-11H,9H2,1-5H3,(H,16,17)/t11-/m1/s1. The lowest BCUT2D eigenvalue weighted by Crippen LogP contribution is -2.33. The Balaban J connectivity index is 2.65. The van der Waals surface area contributed by atoms with Gasteiger partial charge in [0.15, 0.2) is 11.5 Å². The number of nitrogens with one attached hydrogen (secondary N) is 1. The van der Waals surface area contributed by atoms with E-state index in [4.69, 9.17) is 9.47 Å². The van der Waals surface area contributed by atoms with Gasteiger partial charge in [-0.2, -0.15) is 0 Å². The minimum absolute atomic E-state index is 0.0542. The van der Waals surface area contributed by atoms with Crippen LogP contribution in [0.3, 0.4) is 0 Å². The topological polar surface area (TPSA) is 47.6 Å². The van der Waals surface area contributed by atoms with E-state index >= 15 is 0 Å². The van der Waals surface area contributed by atoms with Crippen LogP contribution in [0.5, 0.6) is 11.5 Å². The van der Waals surface area contributed by atoms with E-state index in [0.717, 1.165) is 4.90 Å². The van der Waals surface area contributed by atoms with Gasteiger partial charge in [-0.1, -0.05) is 13.8 Å². The van der Waals surface area contributed by atoms with E-state index in [1.807, 2.05) is 25.1 Å². The Bertz CT molecular complexity index is 449. The molecule has 0 bridgehead atoms. The van der Waals surface area contributed by atoms with Gasteiger partial charge in [-0.3, -0.25) is 4.79 Å². The quantitative estimate of drug-likeness (QED) is 0.786. The first-order valence-corrected chi connectivity index (χ1v) is 7.52. The van der Waals surface area contributed by atoms with E-state index in [-0.39, 0.29) is 11.2 Å². The van der Waals surface area contributed by atoms with Crippen LogP contribution in [0.4, 0.5) is 0 Å². The summed E-state index contributed by atoms with van der Waals surface area (Å²) in [4.78, 5) is 12.9. The molecule has 0 spiro atoms. The van der Waals surface area contributed by atoms with Crippen molar-refractivity contribution in [1.82, 2.24) is 5.32 Å². The summed E-state index contributed by atoms with van der Waals surface area (Å²) in [6.07, 6.45) is 0. The summed E-state index contributed by atoms with van der Waals surface area (Å²) >= 11 is 1.50. The van der Waals surface area contributed by atoms with Gasteiger partial charge in [0.1, 0.15) is 0 Å². The molecule has 1 rings (SSSR count). The Morgan fingerprint density at radius 1 is 1.20 bits per heavy atom. The Labute approximate surface area is 125 Å². The third kappa shape index (κ3) is 4.96. The summed E-state index contributed by atoms with van der Waals surface area (Å²) in [5.74, 6) is 1.87. The fourth-order valence-corrected chi connectivity index (χ4v) is 2.52. The lowest BCUT2D eigenvalue weighted by Gasteiger charge is -2.14. The van der Waals surface area contributed by atoms with Crippen molar-refractivity contribution in [3.8, 4) is 11.5 Å². The van der Waals surface area contributed by atoms with Crippen LogP contribution in [-0.4, -0.2) is 31.9 Å². The zero-order valence-corrected chi connectivity index (χ0v) is 13.5. The van der Waals surface area contributed by atoms with Gasteiger partial charge in [0.05, 0.1) is 19.5 Å². The van der Waals surface area contributed by atoms with Gasteiger partial charge in [-0.05, 0) is 31.0 Å². The summed E-state index contributed by atoms with van der Waals surface area (Å²) in [5, 5.41) is 2.79. The van der Waals surface area contributed by atoms with Crippen LogP contribution in [0.1, 0.15) is 20.8 Å². The van der Waals surface area contributed by atoms with Crippen molar-refractivity contribution in [3.63, 3.8) is 0 Å². The predicted octanol–water partition coefficient (Wildman–Crippen LogP) is 2.96. The lowest BCUT2D eigenvalue weighted by molar-refractivity contribution is -0.120. The van der Waals surface area contributed by atoms with Crippen LogP contribution >= 0.6 is 11.8 Å². The first-order valence-electron chi connectivity index (χ1n) is 6.64. The Hall–Kier alpha value is -1.36. The van der Waals surface area contributed by atoms with Crippen molar-refractivity contribution in [2.24, 2.45) is 5.92 Å². The summed E-state index contributed by atoms with van der Waals surface area (Å²) < 4.78 is 10.5. The van der Waals surface area contributed by atoms with Crippen LogP contribution in [0.25, 0.3) is 0 Å². The van der Waals surface area contributed by atoms with Gasteiger partial charge < -0.3 is 14.8 Å². The Morgan fingerprint density at radius 2 is 1.85 bits per heavy atom. The highest BCUT2D eigenvalue weighted by atomic mass is 32.2. The normalized spacial score (nSPS) is 12.1. The summed E-state index contributed by atoms with van der Waals surface area (Å²) in [5.41, 5.74) is 0. The highest BCUT2D eigenvalue weighted by Gasteiger charge is 2.15. The van der Waals surface area contributed by atoms with Crippen molar-refractivity contribution in [3.05, 3.63) is 18.2 Å². The SMILES string of the molecule is COc1ccc(S[C@H](C)C(=O)NCC(C)C)cc1OC. The number of ether oxygens (including phenoxy) is 2. The second-order valence-corrected chi connectivity index (χ2v) is 6.33. The minimum Gasteiger partial charge on any atom is -0.493 e. The van der Waals surface area contributed by atoms with Crippen molar-refractivity contribution in [1.29, 1.82) is 0 Å². The molecule has 4 nitrogen and oxygen atoms in total. The number of carbonyl (C=O) groups is 1. The number of thioether (sulfide) groups is 1. The van der Waals surface area contributed by atoms with Crippen molar-refractivity contribution >= 4 is 17.7 Å². The molecule has 112 valence electrons. The molecule has 5 heteroatoms. The molecule has 20 heavy (non-hydrogen) atoms. The Kier molecular flexibility index (Phi) is 6.71. The summed E-state index contributed by atoms with van der Waals surface area (Å²) in [7, 11) is 3.21. The smallest absolute Gasteiger partial charge is 0.233 e. The van der Waals surface area contributed by atoms with Gasteiger partial charge >= 0.3 is 0 Å². The van der Waals surface area contributed by atoms with Crippen LogP contribution in [0, 0.1) is 5.92 Å². The number of benzene rings is 1. The first-order chi connectivity index (χ1) is 9.47. The molecular weight excluding hydrogens is 274 g/mol. The van der Waals surface area contributed by atoms with E-state index in [1.54, 1.807) is 14.2 Å². The maximum atomic E-state index is 11.9. The maximum absolute atomic E-state index is 11.9. The third-order valence-electron chi connectivity index (χ3n) is 2.72. The van der Waals surface area contributed by atoms with Gasteiger partial charge in [0, 0.05) is 11.4 Å². The van der Waals surface area contributed by atoms with Crippen molar-refractivity contribution in [2.75, 3.05) is 20.8 Å². The number of amides is 1. The number of rotatable bonds is 7. The van der Waals surface area contributed by atoms with Gasteiger partial charge in [0.25, 0.3) is 0 Å². The number of carbonyl (C=O) groups excluding carboxylic acids is 1. The monoisotopic (exact) mass is 297 g/mol. The molecule has 0 unspecified atom stereocenters. The highest BCUT2D eigenvalue weighted by Crippen LogP contribution is 2.33. The number of hydrogen-bond donors (Lipinski definition) is 1. The number of hydrogen-bond acceptors (Lipinski definition) is 4. The van der Waals surface area contributed by atoms with Crippen LogP contribution < -0.4 is 14.8 Å². The molecule has 0 saturated carbocycles. The van der Waals surface area contributed by atoms with Crippen LogP contribution in [-0.2, 0) is 4.79 Å². The first kappa shape index (κ1) is 16.7. The molecule has 0 aliphatic heterocycles. The minimum atomic E-state index is -0.146. The summed E-state index contributed by atoms with van der Waals surface area (Å²) in [6, 6.07) is 5.66. The average molecular weight is 297 g/mol. The zero-order valence-electron chi connectivity index (χ0n) is 12.7. The molecule has 1 aromatic rings. The summed E-state index contributed by atoms with van der Waals surface area (Å²) in [6.45, 7) is 6.76. The molecule has 1 amide bonds. The van der Waals surface area contributed by atoms with Crippen LogP contribution in [0.2, 0.25) is 0 Å². The molecule has 0 saturated heterocycles. The molecular formula is C15H23NO3S. The van der Waals surface area contributed by atoms with Gasteiger partial charge in [0.2, 0.25) is 5.91 Å². The van der Waals surface area contributed by atoms with E-state index in [9.17, 15) is 4.79 Å². The largest absolute Gasteiger partial charge is 0.493 e. The van der Waals surface area contributed by atoms with E-state index < -0.39 is 0 Å². The fourth-order valence-electron chi connectivity index (χ4n) is 1.60. The molecule has 0 aromatic heterocycles. The average Bonchev–Trinajstić information content (AvgIpc) is 2.44. The molecule has 0 aliphatic carbocycles. The molecule has 0 heterocycles. The highest BCUT2D eigenvalue weighted by molar-refractivity contribution is 8.00. The van der Waals surface area contributed by atoms with Crippen molar-refractivity contribution < 1.29 is 14.3 Å². The number of methoxy groups -OCH3 is 2. The molecule has 1 aromatic carbocycles.